The standard InChI is InChI=1S/C20H30ClN3O2/c1-4-18(16-8-7-9-17(21)14-16)22-20(26)24-12-10-15(11-13-24)19(25)23(5-2)6-3/h7-9,14-15,18H,4-6,10-13H2,1-3H3,(H,22,26)/t18-/m0/s1. The smallest absolute Gasteiger partial charge is 0.317 e. The van der Waals surface area contributed by atoms with Crippen LogP contribution in [0, 0.1) is 5.92 Å². The van der Waals surface area contributed by atoms with Crippen molar-refractivity contribution in [3.8, 4) is 0 Å². The van der Waals surface area contributed by atoms with E-state index < -0.39 is 0 Å². The van der Waals surface area contributed by atoms with E-state index in [1.165, 1.54) is 0 Å². The third-order valence-corrected chi connectivity index (χ3v) is 5.40. The number of hydrogen-bond acceptors (Lipinski definition) is 2. The monoisotopic (exact) mass is 379 g/mol. The molecule has 2 rings (SSSR count). The average molecular weight is 380 g/mol. The van der Waals surface area contributed by atoms with Crippen molar-refractivity contribution in [1.29, 1.82) is 0 Å². The molecule has 0 unspecified atom stereocenters. The summed E-state index contributed by atoms with van der Waals surface area (Å²) < 4.78 is 0. The molecular weight excluding hydrogens is 350 g/mol. The zero-order chi connectivity index (χ0) is 19.1. The second kappa shape index (κ2) is 9.81. The molecule has 1 fully saturated rings. The number of benzene rings is 1. The molecule has 1 N–H and O–H groups in total. The van der Waals surface area contributed by atoms with Crippen LogP contribution in [0.3, 0.4) is 0 Å². The topological polar surface area (TPSA) is 52.7 Å². The van der Waals surface area contributed by atoms with Crippen LogP contribution in [0.4, 0.5) is 4.79 Å². The first-order valence-electron chi connectivity index (χ1n) is 9.59. The number of nitrogens with one attached hydrogen (secondary N) is 1. The first-order chi connectivity index (χ1) is 12.5. The largest absolute Gasteiger partial charge is 0.343 e. The molecule has 0 aromatic heterocycles. The summed E-state index contributed by atoms with van der Waals surface area (Å²) in [6, 6.07) is 7.48. The van der Waals surface area contributed by atoms with Gasteiger partial charge in [0.2, 0.25) is 5.91 Å². The Kier molecular flexibility index (Phi) is 7.76. The SMILES string of the molecule is CC[C@H](NC(=O)N1CCC(C(=O)N(CC)CC)CC1)c1cccc(Cl)c1. The van der Waals surface area contributed by atoms with Crippen LogP contribution in [0.1, 0.15) is 51.6 Å². The molecule has 0 aliphatic carbocycles. The lowest BCUT2D eigenvalue weighted by atomic mass is 9.95. The van der Waals surface area contributed by atoms with Crippen LogP contribution in [-0.2, 0) is 4.79 Å². The molecule has 144 valence electrons. The molecule has 3 amide bonds. The van der Waals surface area contributed by atoms with Crippen molar-refractivity contribution in [2.45, 2.75) is 46.1 Å². The van der Waals surface area contributed by atoms with Crippen LogP contribution >= 0.6 is 11.6 Å². The van der Waals surface area contributed by atoms with E-state index in [-0.39, 0.29) is 23.9 Å². The molecule has 5 nitrogen and oxygen atoms in total. The van der Waals surface area contributed by atoms with Crippen molar-refractivity contribution in [2.75, 3.05) is 26.2 Å². The summed E-state index contributed by atoms with van der Waals surface area (Å²) in [7, 11) is 0. The first-order valence-corrected chi connectivity index (χ1v) is 9.97. The van der Waals surface area contributed by atoms with Crippen LogP contribution in [0.15, 0.2) is 24.3 Å². The summed E-state index contributed by atoms with van der Waals surface area (Å²) in [6.07, 6.45) is 2.26. The Balaban J connectivity index is 1.90. The summed E-state index contributed by atoms with van der Waals surface area (Å²) in [6.45, 7) is 8.78. The van der Waals surface area contributed by atoms with Gasteiger partial charge in [0.1, 0.15) is 0 Å². The minimum Gasteiger partial charge on any atom is -0.343 e. The van der Waals surface area contributed by atoms with Crippen molar-refractivity contribution in [2.24, 2.45) is 5.92 Å². The number of nitrogens with zero attached hydrogens (tertiary/aromatic N) is 2. The highest BCUT2D eigenvalue weighted by Gasteiger charge is 2.30. The van der Waals surface area contributed by atoms with Crippen LogP contribution in [0.25, 0.3) is 0 Å². The summed E-state index contributed by atoms with van der Waals surface area (Å²) >= 11 is 6.07. The number of likely N-dealkylation sites (tertiary alicyclic amines) is 1. The summed E-state index contributed by atoms with van der Waals surface area (Å²) in [5.74, 6) is 0.259. The Bertz CT molecular complexity index is 611. The molecule has 0 bridgehead atoms. The molecule has 1 heterocycles. The van der Waals surface area contributed by atoms with Crippen molar-refractivity contribution >= 4 is 23.5 Å². The van der Waals surface area contributed by atoms with E-state index in [0.717, 1.165) is 37.9 Å². The van der Waals surface area contributed by atoms with Gasteiger partial charge in [-0.15, -0.1) is 0 Å². The zero-order valence-electron chi connectivity index (χ0n) is 16.0. The molecule has 1 atom stereocenters. The second-order valence-electron chi connectivity index (χ2n) is 6.74. The van der Waals surface area contributed by atoms with Crippen molar-refractivity contribution in [1.82, 2.24) is 15.1 Å². The fourth-order valence-corrected chi connectivity index (χ4v) is 3.71. The number of piperidine rings is 1. The third kappa shape index (κ3) is 5.13. The second-order valence-corrected chi connectivity index (χ2v) is 7.17. The fourth-order valence-electron chi connectivity index (χ4n) is 3.51. The summed E-state index contributed by atoms with van der Waals surface area (Å²) in [4.78, 5) is 28.8. The predicted molar refractivity (Wildman–Crippen MR) is 105 cm³/mol. The van der Waals surface area contributed by atoms with Gasteiger partial charge in [-0.2, -0.15) is 0 Å². The normalized spacial score (nSPS) is 16.2. The Hall–Kier alpha value is -1.75. The van der Waals surface area contributed by atoms with Crippen LogP contribution in [0.2, 0.25) is 5.02 Å². The van der Waals surface area contributed by atoms with Gasteiger partial charge in [-0.3, -0.25) is 4.79 Å². The van der Waals surface area contributed by atoms with Gasteiger partial charge in [0.25, 0.3) is 0 Å². The highest BCUT2D eigenvalue weighted by molar-refractivity contribution is 6.30. The van der Waals surface area contributed by atoms with E-state index in [1.807, 2.05) is 54.8 Å². The number of halogens is 1. The number of amides is 3. The van der Waals surface area contributed by atoms with Gasteiger partial charge in [0.15, 0.2) is 0 Å². The lowest BCUT2D eigenvalue weighted by molar-refractivity contribution is -0.136. The minimum absolute atomic E-state index is 0.0360. The average Bonchev–Trinajstić information content (AvgIpc) is 2.66. The Labute approximate surface area is 161 Å². The Morgan fingerprint density at radius 2 is 1.88 bits per heavy atom. The van der Waals surface area contributed by atoms with E-state index in [9.17, 15) is 9.59 Å². The van der Waals surface area contributed by atoms with Crippen molar-refractivity contribution < 1.29 is 9.59 Å². The van der Waals surface area contributed by atoms with E-state index in [2.05, 4.69) is 5.32 Å². The van der Waals surface area contributed by atoms with E-state index in [4.69, 9.17) is 11.6 Å². The molecular formula is C20H30ClN3O2. The zero-order valence-corrected chi connectivity index (χ0v) is 16.8. The maximum absolute atomic E-state index is 12.6. The minimum atomic E-state index is -0.0643. The number of rotatable bonds is 6. The molecule has 6 heteroatoms. The van der Waals surface area contributed by atoms with Gasteiger partial charge >= 0.3 is 6.03 Å². The lowest BCUT2D eigenvalue weighted by Crippen LogP contribution is -2.48. The van der Waals surface area contributed by atoms with Gasteiger partial charge < -0.3 is 15.1 Å². The van der Waals surface area contributed by atoms with Gasteiger partial charge in [0, 0.05) is 37.1 Å². The third-order valence-electron chi connectivity index (χ3n) is 5.16. The maximum atomic E-state index is 12.6. The van der Waals surface area contributed by atoms with Gasteiger partial charge in [-0.25, -0.2) is 4.79 Å². The number of urea groups is 1. The highest BCUT2D eigenvalue weighted by atomic mass is 35.5. The molecule has 0 spiro atoms. The van der Waals surface area contributed by atoms with Gasteiger partial charge in [0.05, 0.1) is 6.04 Å². The first kappa shape index (κ1) is 20.6. The number of hydrogen-bond donors (Lipinski definition) is 1. The van der Waals surface area contributed by atoms with Crippen LogP contribution in [0.5, 0.6) is 0 Å². The molecule has 26 heavy (non-hydrogen) atoms. The lowest BCUT2D eigenvalue weighted by Gasteiger charge is -2.34. The molecule has 1 saturated heterocycles. The maximum Gasteiger partial charge on any atom is 0.317 e. The van der Waals surface area contributed by atoms with Gasteiger partial charge in [-0.05, 0) is 50.8 Å². The van der Waals surface area contributed by atoms with Gasteiger partial charge in [-0.1, -0.05) is 30.7 Å². The van der Waals surface area contributed by atoms with Crippen LogP contribution in [-0.4, -0.2) is 47.9 Å². The molecule has 1 aliphatic rings. The fraction of sp³-hybridized carbons (Fsp3) is 0.600. The van der Waals surface area contributed by atoms with E-state index in [1.54, 1.807) is 0 Å². The summed E-state index contributed by atoms with van der Waals surface area (Å²) in [5.41, 5.74) is 1.01. The molecule has 1 aromatic rings. The highest BCUT2D eigenvalue weighted by Crippen LogP contribution is 2.23. The predicted octanol–water partition coefficient (Wildman–Crippen LogP) is 4.08. The van der Waals surface area contributed by atoms with Crippen molar-refractivity contribution in [3.63, 3.8) is 0 Å². The Morgan fingerprint density at radius 1 is 1.23 bits per heavy atom. The molecule has 1 aromatic carbocycles. The van der Waals surface area contributed by atoms with E-state index in [0.29, 0.717) is 18.1 Å². The molecule has 0 radical (unpaired) electrons. The van der Waals surface area contributed by atoms with Crippen LogP contribution < -0.4 is 5.32 Å². The molecule has 1 aliphatic heterocycles. The number of carbonyl (C=O) groups excluding carboxylic acids is 2. The van der Waals surface area contributed by atoms with Crippen molar-refractivity contribution in [3.05, 3.63) is 34.9 Å². The Morgan fingerprint density at radius 3 is 2.42 bits per heavy atom. The number of carbonyl (C=O) groups is 2. The van der Waals surface area contributed by atoms with E-state index >= 15 is 0 Å². The quantitative estimate of drug-likeness (QED) is 0.809. The molecule has 0 saturated carbocycles. The summed E-state index contributed by atoms with van der Waals surface area (Å²) in [5, 5.41) is 3.77.